The monoisotopic (exact) mass is 239 g/mol. The molecule has 0 saturated carbocycles. The molecule has 0 fully saturated rings. The standard InChI is InChI=1S/C15H17N3/c1-11(16)14-7-4-8-17-15(14)18-9-12-5-2-3-6-13(12)10-18/h2-8,11H,9-10,16H2,1H3/t11-/m0/s1. The molecule has 0 unspecified atom stereocenters. The van der Waals surface area contributed by atoms with Crippen LogP contribution >= 0.6 is 0 Å². The van der Waals surface area contributed by atoms with E-state index in [1.807, 2.05) is 19.2 Å². The van der Waals surface area contributed by atoms with Crippen LogP contribution in [-0.2, 0) is 13.1 Å². The largest absolute Gasteiger partial charge is 0.348 e. The second kappa shape index (κ2) is 4.42. The Labute approximate surface area is 107 Å². The van der Waals surface area contributed by atoms with Gasteiger partial charge < -0.3 is 10.6 Å². The molecule has 0 amide bonds. The first kappa shape index (κ1) is 11.2. The molecule has 1 aromatic carbocycles. The Morgan fingerprint density at radius 3 is 2.39 bits per heavy atom. The SMILES string of the molecule is C[C@H](N)c1cccnc1N1Cc2ccccc2C1. The fraction of sp³-hybridized carbons (Fsp3) is 0.267. The van der Waals surface area contributed by atoms with E-state index in [9.17, 15) is 0 Å². The first-order chi connectivity index (χ1) is 8.75. The van der Waals surface area contributed by atoms with E-state index in [0.29, 0.717) is 0 Å². The maximum absolute atomic E-state index is 6.02. The zero-order chi connectivity index (χ0) is 12.5. The second-order valence-corrected chi connectivity index (χ2v) is 4.83. The van der Waals surface area contributed by atoms with Gasteiger partial charge in [-0.05, 0) is 24.1 Å². The Morgan fingerprint density at radius 2 is 1.78 bits per heavy atom. The molecule has 0 radical (unpaired) electrons. The molecule has 2 heterocycles. The lowest BCUT2D eigenvalue weighted by molar-refractivity contribution is 0.776. The van der Waals surface area contributed by atoms with Crippen LogP contribution in [0, 0.1) is 0 Å². The zero-order valence-corrected chi connectivity index (χ0v) is 10.5. The second-order valence-electron chi connectivity index (χ2n) is 4.83. The summed E-state index contributed by atoms with van der Waals surface area (Å²) in [6.45, 7) is 3.85. The Balaban J connectivity index is 1.95. The van der Waals surface area contributed by atoms with Gasteiger partial charge in [0.15, 0.2) is 0 Å². The predicted octanol–water partition coefficient (Wildman–Crippen LogP) is 2.62. The van der Waals surface area contributed by atoms with Gasteiger partial charge in [-0.2, -0.15) is 0 Å². The number of nitrogens with two attached hydrogens (primary N) is 1. The van der Waals surface area contributed by atoms with Crippen molar-refractivity contribution in [3.63, 3.8) is 0 Å². The Morgan fingerprint density at radius 1 is 1.11 bits per heavy atom. The van der Waals surface area contributed by atoms with Crippen molar-refractivity contribution < 1.29 is 0 Å². The molecule has 92 valence electrons. The fourth-order valence-corrected chi connectivity index (χ4v) is 2.51. The number of hydrogen-bond donors (Lipinski definition) is 1. The van der Waals surface area contributed by atoms with Crippen molar-refractivity contribution in [2.45, 2.75) is 26.1 Å². The van der Waals surface area contributed by atoms with Crippen LogP contribution in [0.25, 0.3) is 0 Å². The average Bonchev–Trinajstić information content (AvgIpc) is 2.82. The summed E-state index contributed by atoms with van der Waals surface area (Å²) in [4.78, 5) is 6.81. The van der Waals surface area contributed by atoms with Crippen molar-refractivity contribution in [3.05, 3.63) is 59.3 Å². The van der Waals surface area contributed by atoms with Crippen molar-refractivity contribution in [1.82, 2.24) is 4.98 Å². The highest BCUT2D eigenvalue weighted by molar-refractivity contribution is 5.52. The van der Waals surface area contributed by atoms with E-state index in [-0.39, 0.29) is 6.04 Å². The lowest BCUT2D eigenvalue weighted by Crippen LogP contribution is -2.20. The fourth-order valence-electron chi connectivity index (χ4n) is 2.51. The van der Waals surface area contributed by atoms with Crippen LogP contribution in [0.2, 0.25) is 0 Å². The van der Waals surface area contributed by atoms with Crippen molar-refractivity contribution >= 4 is 5.82 Å². The van der Waals surface area contributed by atoms with Gasteiger partial charge in [0.05, 0.1) is 0 Å². The van der Waals surface area contributed by atoms with Gasteiger partial charge in [0.25, 0.3) is 0 Å². The first-order valence-electron chi connectivity index (χ1n) is 6.28. The topological polar surface area (TPSA) is 42.1 Å². The molecule has 3 nitrogen and oxygen atoms in total. The molecule has 18 heavy (non-hydrogen) atoms. The molecule has 1 aliphatic heterocycles. The van der Waals surface area contributed by atoms with E-state index < -0.39 is 0 Å². The van der Waals surface area contributed by atoms with E-state index in [1.165, 1.54) is 11.1 Å². The molecule has 3 rings (SSSR count). The summed E-state index contributed by atoms with van der Waals surface area (Å²) in [5.74, 6) is 1.02. The Bertz CT molecular complexity index is 538. The summed E-state index contributed by atoms with van der Waals surface area (Å²) in [5, 5.41) is 0. The number of pyridine rings is 1. The highest BCUT2D eigenvalue weighted by atomic mass is 15.2. The molecule has 0 aliphatic carbocycles. The first-order valence-corrected chi connectivity index (χ1v) is 6.28. The molecule has 0 saturated heterocycles. The van der Waals surface area contributed by atoms with Crippen molar-refractivity contribution in [1.29, 1.82) is 0 Å². The molecule has 1 aromatic heterocycles. The zero-order valence-electron chi connectivity index (χ0n) is 10.5. The van der Waals surface area contributed by atoms with Crippen molar-refractivity contribution in [2.75, 3.05) is 4.90 Å². The van der Waals surface area contributed by atoms with E-state index in [2.05, 4.69) is 40.2 Å². The molecule has 2 N–H and O–H groups in total. The molecular weight excluding hydrogens is 222 g/mol. The van der Waals surface area contributed by atoms with Gasteiger partial charge in [0.1, 0.15) is 5.82 Å². The summed E-state index contributed by atoms with van der Waals surface area (Å²) in [7, 11) is 0. The highest BCUT2D eigenvalue weighted by Crippen LogP contribution is 2.30. The van der Waals surface area contributed by atoms with Gasteiger partial charge >= 0.3 is 0 Å². The number of nitrogens with zero attached hydrogens (tertiary/aromatic N) is 2. The molecule has 2 aromatic rings. The number of fused-ring (bicyclic) bond motifs is 1. The molecule has 3 heteroatoms. The van der Waals surface area contributed by atoms with Gasteiger partial charge in [0, 0.05) is 30.9 Å². The number of rotatable bonds is 2. The number of hydrogen-bond acceptors (Lipinski definition) is 3. The molecule has 0 bridgehead atoms. The minimum absolute atomic E-state index is 0.0115. The normalized spacial score (nSPS) is 15.6. The molecule has 0 spiro atoms. The van der Waals surface area contributed by atoms with E-state index in [0.717, 1.165) is 24.5 Å². The summed E-state index contributed by atoms with van der Waals surface area (Å²) >= 11 is 0. The van der Waals surface area contributed by atoms with Gasteiger partial charge in [-0.25, -0.2) is 4.98 Å². The number of aromatic nitrogens is 1. The summed E-state index contributed by atoms with van der Waals surface area (Å²) < 4.78 is 0. The van der Waals surface area contributed by atoms with Crippen LogP contribution < -0.4 is 10.6 Å². The lowest BCUT2D eigenvalue weighted by Gasteiger charge is -2.21. The Kier molecular flexibility index (Phi) is 2.76. The van der Waals surface area contributed by atoms with Gasteiger partial charge in [0.2, 0.25) is 0 Å². The van der Waals surface area contributed by atoms with Gasteiger partial charge in [-0.1, -0.05) is 30.3 Å². The summed E-state index contributed by atoms with van der Waals surface area (Å²) in [6, 6.07) is 12.6. The lowest BCUT2D eigenvalue weighted by atomic mass is 10.1. The van der Waals surface area contributed by atoms with Crippen LogP contribution in [0.3, 0.4) is 0 Å². The van der Waals surface area contributed by atoms with Crippen LogP contribution in [-0.4, -0.2) is 4.98 Å². The molecular formula is C15H17N3. The average molecular weight is 239 g/mol. The summed E-state index contributed by atoms with van der Waals surface area (Å²) in [5.41, 5.74) is 9.91. The van der Waals surface area contributed by atoms with Crippen LogP contribution in [0.4, 0.5) is 5.82 Å². The van der Waals surface area contributed by atoms with Crippen LogP contribution in [0.15, 0.2) is 42.6 Å². The van der Waals surface area contributed by atoms with Crippen LogP contribution in [0.5, 0.6) is 0 Å². The van der Waals surface area contributed by atoms with Crippen molar-refractivity contribution in [2.24, 2.45) is 5.73 Å². The van der Waals surface area contributed by atoms with Crippen molar-refractivity contribution in [3.8, 4) is 0 Å². The third-order valence-corrected chi connectivity index (χ3v) is 3.45. The number of anilines is 1. The minimum atomic E-state index is 0.0115. The summed E-state index contributed by atoms with van der Waals surface area (Å²) in [6.07, 6.45) is 1.84. The highest BCUT2D eigenvalue weighted by Gasteiger charge is 2.22. The maximum Gasteiger partial charge on any atom is 0.133 e. The van der Waals surface area contributed by atoms with E-state index in [1.54, 1.807) is 0 Å². The quantitative estimate of drug-likeness (QED) is 0.876. The minimum Gasteiger partial charge on any atom is -0.348 e. The number of benzene rings is 1. The predicted molar refractivity (Wildman–Crippen MR) is 73.2 cm³/mol. The van der Waals surface area contributed by atoms with E-state index >= 15 is 0 Å². The maximum atomic E-state index is 6.02. The Hall–Kier alpha value is -1.87. The van der Waals surface area contributed by atoms with Crippen LogP contribution in [0.1, 0.15) is 29.7 Å². The third-order valence-electron chi connectivity index (χ3n) is 3.45. The van der Waals surface area contributed by atoms with Gasteiger partial charge in [-0.15, -0.1) is 0 Å². The molecule has 1 aliphatic rings. The smallest absolute Gasteiger partial charge is 0.133 e. The molecule has 1 atom stereocenters. The van der Waals surface area contributed by atoms with Gasteiger partial charge in [-0.3, -0.25) is 0 Å². The third kappa shape index (κ3) is 1.87. The van der Waals surface area contributed by atoms with E-state index in [4.69, 9.17) is 5.73 Å².